The summed E-state index contributed by atoms with van der Waals surface area (Å²) in [6.07, 6.45) is 12.7. The summed E-state index contributed by atoms with van der Waals surface area (Å²) < 4.78 is 0. The number of thioether (sulfide) groups is 1. The van der Waals surface area contributed by atoms with E-state index in [0.29, 0.717) is 5.41 Å². The van der Waals surface area contributed by atoms with Crippen LogP contribution in [0.3, 0.4) is 0 Å². The molecule has 0 radical (unpaired) electrons. The first kappa shape index (κ1) is 16.0. The fourth-order valence-electron chi connectivity index (χ4n) is 5.53. The van der Waals surface area contributed by atoms with Gasteiger partial charge in [0.15, 0.2) is 0 Å². The highest BCUT2D eigenvalue weighted by Gasteiger charge is 2.51. The van der Waals surface area contributed by atoms with Crippen LogP contribution in [0.4, 0.5) is 0 Å². The molecule has 0 amide bonds. The molecule has 0 saturated heterocycles. The van der Waals surface area contributed by atoms with E-state index in [4.69, 9.17) is 0 Å². The molecule has 21 heavy (non-hydrogen) atoms. The van der Waals surface area contributed by atoms with Crippen molar-refractivity contribution in [3.05, 3.63) is 11.6 Å². The average Bonchev–Trinajstić information content (AvgIpc) is 2.73. The molecule has 0 nitrogen and oxygen atoms in total. The summed E-state index contributed by atoms with van der Waals surface area (Å²) in [5, 5.41) is 0.947. The van der Waals surface area contributed by atoms with E-state index in [1.165, 1.54) is 50.7 Å². The number of rotatable bonds is 0. The molecule has 0 aromatic carbocycles. The van der Waals surface area contributed by atoms with Crippen LogP contribution in [0.25, 0.3) is 0 Å². The molecular weight excluding hydrogens is 272 g/mol. The van der Waals surface area contributed by atoms with Gasteiger partial charge in [0, 0.05) is 5.25 Å². The van der Waals surface area contributed by atoms with Gasteiger partial charge in [-0.15, -0.1) is 0 Å². The van der Waals surface area contributed by atoms with Gasteiger partial charge in [0.05, 0.1) is 0 Å². The summed E-state index contributed by atoms with van der Waals surface area (Å²) in [4.78, 5) is 0. The monoisotopic (exact) mass is 306 g/mol. The summed E-state index contributed by atoms with van der Waals surface area (Å²) in [5.74, 6) is 5.19. The maximum Gasteiger partial charge on any atom is 0.00813 e. The van der Waals surface area contributed by atoms with Gasteiger partial charge in [0.2, 0.25) is 0 Å². The van der Waals surface area contributed by atoms with Gasteiger partial charge in [-0.1, -0.05) is 32.4 Å². The Morgan fingerprint density at radius 3 is 2.76 bits per heavy atom. The van der Waals surface area contributed by atoms with Gasteiger partial charge in [-0.3, -0.25) is 0 Å². The lowest BCUT2D eigenvalue weighted by Crippen LogP contribution is -2.42. The van der Waals surface area contributed by atoms with Crippen LogP contribution in [0.1, 0.15) is 72.6 Å². The van der Waals surface area contributed by atoms with E-state index >= 15 is 0 Å². The lowest BCUT2D eigenvalue weighted by atomic mass is 9.61. The molecule has 0 aromatic heterocycles. The van der Waals surface area contributed by atoms with Crippen molar-refractivity contribution in [2.75, 3.05) is 5.75 Å². The molecule has 3 aliphatic rings. The molecule has 1 heterocycles. The van der Waals surface area contributed by atoms with E-state index in [0.717, 1.165) is 28.9 Å². The Labute approximate surface area is 136 Å². The van der Waals surface area contributed by atoms with E-state index in [1.54, 1.807) is 5.57 Å². The molecule has 2 saturated carbocycles. The Morgan fingerprint density at radius 1 is 1.14 bits per heavy atom. The predicted molar refractivity (Wildman–Crippen MR) is 95.7 cm³/mol. The molecule has 1 heteroatoms. The third-order valence-electron chi connectivity index (χ3n) is 7.20. The van der Waals surface area contributed by atoms with Gasteiger partial charge in [0.25, 0.3) is 0 Å². The van der Waals surface area contributed by atoms with Gasteiger partial charge >= 0.3 is 0 Å². The van der Waals surface area contributed by atoms with Crippen molar-refractivity contribution in [1.29, 1.82) is 0 Å². The van der Waals surface area contributed by atoms with Crippen LogP contribution in [0.15, 0.2) is 11.6 Å². The lowest BCUT2D eigenvalue weighted by Gasteiger charge is -2.48. The molecule has 0 bridgehead atoms. The Morgan fingerprint density at radius 2 is 1.95 bits per heavy atom. The molecule has 0 aromatic rings. The Bertz CT molecular complexity index is 399. The van der Waals surface area contributed by atoms with E-state index in [1.807, 2.05) is 0 Å². The van der Waals surface area contributed by atoms with Crippen molar-refractivity contribution >= 4 is 11.8 Å². The second-order valence-corrected chi connectivity index (χ2v) is 9.93. The van der Waals surface area contributed by atoms with E-state index in [2.05, 4.69) is 45.5 Å². The summed E-state index contributed by atoms with van der Waals surface area (Å²) in [7, 11) is 0. The molecule has 6 atom stereocenters. The highest BCUT2D eigenvalue weighted by Crippen LogP contribution is 2.60. The van der Waals surface area contributed by atoms with Crippen molar-refractivity contribution in [1.82, 2.24) is 0 Å². The van der Waals surface area contributed by atoms with Gasteiger partial charge in [-0.05, 0) is 86.7 Å². The maximum absolute atomic E-state index is 2.62. The first-order chi connectivity index (χ1) is 10.0. The molecule has 1 aliphatic heterocycles. The van der Waals surface area contributed by atoms with Crippen LogP contribution in [0.2, 0.25) is 0 Å². The molecule has 2 fully saturated rings. The Kier molecular flexibility index (Phi) is 4.79. The second-order valence-electron chi connectivity index (χ2n) is 8.59. The third-order valence-corrected chi connectivity index (χ3v) is 8.68. The standard InChI is InChI=1S/C20H34S/c1-14-5-7-17-18-8-6-16(3)20(18,4)11-9-19(17)21-12-10-15(2)13-14/h5,15-19H,6-13H2,1-4H3/b14-5+. The molecular formula is C20H34S. The van der Waals surface area contributed by atoms with Crippen LogP contribution in [-0.2, 0) is 0 Å². The van der Waals surface area contributed by atoms with Gasteiger partial charge < -0.3 is 0 Å². The van der Waals surface area contributed by atoms with E-state index < -0.39 is 0 Å². The fraction of sp³-hybridized carbons (Fsp3) is 0.900. The minimum absolute atomic E-state index is 0.654. The molecule has 2 aliphatic carbocycles. The maximum atomic E-state index is 2.62. The van der Waals surface area contributed by atoms with Gasteiger partial charge in [0.1, 0.15) is 0 Å². The minimum atomic E-state index is 0.654. The summed E-state index contributed by atoms with van der Waals surface area (Å²) in [5.41, 5.74) is 2.31. The normalized spacial score (nSPS) is 50.7. The predicted octanol–water partition coefficient (Wildman–Crippen LogP) is 6.32. The second kappa shape index (κ2) is 6.30. The fourth-order valence-corrected chi connectivity index (χ4v) is 7.21. The molecule has 0 N–H and O–H groups in total. The average molecular weight is 307 g/mol. The van der Waals surface area contributed by atoms with Crippen LogP contribution < -0.4 is 0 Å². The highest BCUT2D eigenvalue weighted by atomic mass is 32.2. The molecule has 6 unspecified atom stereocenters. The minimum Gasteiger partial charge on any atom is -0.158 e. The number of fused-ring (bicyclic) bond motifs is 3. The van der Waals surface area contributed by atoms with Gasteiger partial charge in [-0.25, -0.2) is 0 Å². The third kappa shape index (κ3) is 3.09. The van der Waals surface area contributed by atoms with Crippen molar-refractivity contribution in [3.8, 4) is 0 Å². The summed E-state index contributed by atoms with van der Waals surface area (Å²) in [6.45, 7) is 9.96. The number of hydrogen-bond acceptors (Lipinski definition) is 1. The van der Waals surface area contributed by atoms with Crippen LogP contribution in [0, 0.1) is 29.1 Å². The first-order valence-electron chi connectivity index (χ1n) is 9.28. The SMILES string of the molecule is C/C1=C\CC2C(CCC3(C)C(C)CCC23)SCCC(C)C1. The quantitative estimate of drug-likeness (QED) is 0.472. The zero-order valence-corrected chi connectivity index (χ0v) is 15.3. The van der Waals surface area contributed by atoms with Crippen molar-refractivity contribution < 1.29 is 0 Å². The number of hydrogen-bond donors (Lipinski definition) is 0. The Hall–Kier alpha value is 0.0900. The van der Waals surface area contributed by atoms with Crippen molar-refractivity contribution in [2.24, 2.45) is 29.1 Å². The van der Waals surface area contributed by atoms with Crippen molar-refractivity contribution in [2.45, 2.75) is 77.9 Å². The molecule has 3 rings (SSSR count). The molecule has 0 spiro atoms. The zero-order chi connectivity index (χ0) is 15.0. The van der Waals surface area contributed by atoms with E-state index in [9.17, 15) is 0 Å². The topological polar surface area (TPSA) is 0 Å². The van der Waals surface area contributed by atoms with Crippen LogP contribution in [-0.4, -0.2) is 11.0 Å². The van der Waals surface area contributed by atoms with Gasteiger partial charge in [-0.2, -0.15) is 11.8 Å². The first-order valence-corrected chi connectivity index (χ1v) is 10.3. The lowest BCUT2D eigenvalue weighted by molar-refractivity contribution is 0.0632. The largest absolute Gasteiger partial charge is 0.158 e. The van der Waals surface area contributed by atoms with Crippen molar-refractivity contribution in [3.63, 3.8) is 0 Å². The molecule has 120 valence electrons. The van der Waals surface area contributed by atoms with E-state index in [-0.39, 0.29) is 0 Å². The Balaban J connectivity index is 1.82. The highest BCUT2D eigenvalue weighted by molar-refractivity contribution is 7.99. The smallest absolute Gasteiger partial charge is 0.00813 e. The number of allylic oxidation sites excluding steroid dienone is 2. The van der Waals surface area contributed by atoms with Crippen LogP contribution in [0.5, 0.6) is 0 Å². The summed E-state index contributed by atoms with van der Waals surface area (Å²) >= 11 is 2.33. The van der Waals surface area contributed by atoms with Crippen LogP contribution >= 0.6 is 11.8 Å². The zero-order valence-electron chi connectivity index (χ0n) is 14.5. The summed E-state index contributed by atoms with van der Waals surface area (Å²) in [6, 6.07) is 0.